The van der Waals surface area contributed by atoms with Gasteiger partial charge in [0.25, 0.3) is 5.91 Å². The number of amides is 1. The quantitative estimate of drug-likeness (QED) is 0.485. The lowest BCUT2D eigenvalue weighted by molar-refractivity contribution is -0.112. The normalized spacial score (nSPS) is 10.8. The largest absolute Gasteiger partial charge is 0.489 e. The molecular formula is C24H20N2O2. The molecule has 0 aliphatic rings. The zero-order valence-electron chi connectivity index (χ0n) is 15.6. The summed E-state index contributed by atoms with van der Waals surface area (Å²) in [5, 5.41) is 12.1. The van der Waals surface area contributed by atoms with Crippen molar-refractivity contribution in [2.75, 3.05) is 5.32 Å². The van der Waals surface area contributed by atoms with E-state index in [1.165, 1.54) is 0 Å². The molecule has 1 amide bonds. The fraction of sp³-hybridized carbons (Fsp3) is 0.0833. The van der Waals surface area contributed by atoms with E-state index >= 15 is 0 Å². The van der Waals surface area contributed by atoms with Gasteiger partial charge >= 0.3 is 0 Å². The van der Waals surface area contributed by atoms with E-state index in [1.807, 2.05) is 79.7 Å². The highest BCUT2D eigenvalue weighted by molar-refractivity contribution is 6.09. The third-order valence-electron chi connectivity index (χ3n) is 4.11. The highest BCUT2D eigenvalue weighted by Gasteiger charge is 2.09. The fourth-order valence-corrected chi connectivity index (χ4v) is 2.55. The van der Waals surface area contributed by atoms with Crippen molar-refractivity contribution in [1.82, 2.24) is 0 Å². The highest BCUT2D eigenvalue weighted by atomic mass is 16.5. The molecule has 0 aliphatic heterocycles. The van der Waals surface area contributed by atoms with E-state index in [2.05, 4.69) is 5.32 Å². The van der Waals surface area contributed by atoms with Crippen molar-refractivity contribution in [3.8, 4) is 11.8 Å². The molecule has 138 valence electrons. The van der Waals surface area contributed by atoms with E-state index < -0.39 is 5.91 Å². The van der Waals surface area contributed by atoms with E-state index in [9.17, 15) is 10.1 Å². The Balaban J connectivity index is 1.64. The second-order valence-electron chi connectivity index (χ2n) is 6.33. The van der Waals surface area contributed by atoms with Crippen molar-refractivity contribution in [3.05, 3.63) is 101 Å². The Kier molecular flexibility index (Phi) is 6.22. The van der Waals surface area contributed by atoms with Crippen LogP contribution in [0.15, 0.2) is 84.4 Å². The third kappa shape index (κ3) is 5.33. The Morgan fingerprint density at radius 1 is 1.00 bits per heavy atom. The predicted molar refractivity (Wildman–Crippen MR) is 111 cm³/mol. The number of aryl methyl sites for hydroxylation is 1. The summed E-state index contributed by atoms with van der Waals surface area (Å²) in [6, 6.07) is 26.6. The van der Waals surface area contributed by atoms with E-state index in [0.717, 1.165) is 22.4 Å². The maximum Gasteiger partial charge on any atom is 0.266 e. The number of nitrogens with one attached hydrogen (secondary N) is 1. The zero-order chi connectivity index (χ0) is 19.8. The molecule has 3 aromatic rings. The molecule has 0 atom stereocenters. The first-order valence-electron chi connectivity index (χ1n) is 8.90. The highest BCUT2D eigenvalue weighted by Crippen LogP contribution is 2.17. The minimum absolute atomic E-state index is 0.0403. The Morgan fingerprint density at radius 2 is 1.68 bits per heavy atom. The van der Waals surface area contributed by atoms with Crippen LogP contribution in [0.2, 0.25) is 0 Å². The molecule has 0 unspecified atom stereocenters. The third-order valence-corrected chi connectivity index (χ3v) is 4.11. The number of rotatable bonds is 6. The summed E-state index contributed by atoms with van der Waals surface area (Å²) in [6.07, 6.45) is 1.56. The molecule has 1 N–H and O–H groups in total. The summed E-state index contributed by atoms with van der Waals surface area (Å²) in [5.41, 5.74) is 3.64. The van der Waals surface area contributed by atoms with Crippen molar-refractivity contribution in [2.24, 2.45) is 0 Å². The van der Waals surface area contributed by atoms with Gasteiger partial charge in [0.1, 0.15) is 24.0 Å². The lowest BCUT2D eigenvalue weighted by Crippen LogP contribution is -2.13. The minimum Gasteiger partial charge on any atom is -0.489 e. The van der Waals surface area contributed by atoms with Gasteiger partial charge in [-0.1, -0.05) is 60.2 Å². The van der Waals surface area contributed by atoms with Crippen LogP contribution in [0, 0.1) is 18.3 Å². The molecule has 0 spiro atoms. The van der Waals surface area contributed by atoms with Gasteiger partial charge in [-0.05, 0) is 48.4 Å². The average Bonchev–Trinajstić information content (AvgIpc) is 2.73. The molecule has 0 aromatic heterocycles. The van der Waals surface area contributed by atoms with Crippen LogP contribution in [0.1, 0.15) is 16.7 Å². The SMILES string of the molecule is Cc1ccc(NC(=O)/C(C#N)=C/c2ccc(OCc3ccccc3)cc2)cc1. The van der Waals surface area contributed by atoms with Gasteiger partial charge in [0.05, 0.1) is 0 Å². The van der Waals surface area contributed by atoms with Gasteiger partial charge in [0.15, 0.2) is 0 Å². The molecule has 0 aliphatic carbocycles. The number of benzene rings is 3. The Morgan fingerprint density at radius 3 is 2.32 bits per heavy atom. The number of ether oxygens (including phenoxy) is 1. The predicted octanol–water partition coefficient (Wildman–Crippen LogP) is 5.12. The van der Waals surface area contributed by atoms with Crippen LogP contribution >= 0.6 is 0 Å². The van der Waals surface area contributed by atoms with Gasteiger partial charge in [-0.3, -0.25) is 4.79 Å². The van der Waals surface area contributed by atoms with Crippen LogP contribution in [0.5, 0.6) is 5.75 Å². The first-order valence-corrected chi connectivity index (χ1v) is 8.90. The first-order chi connectivity index (χ1) is 13.6. The molecule has 3 aromatic carbocycles. The summed E-state index contributed by atoms with van der Waals surface area (Å²) < 4.78 is 5.75. The Bertz CT molecular complexity index is 999. The van der Waals surface area contributed by atoms with Crippen LogP contribution in [0.3, 0.4) is 0 Å². The van der Waals surface area contributed by atoms with Gasteiger partial charge in [-0.15, -0.1) is 0 Å². The standard InChI is InChI=1S/C24H20N2O2/c1-18-7-11-22(12-8-18)26-24(27)21(16-25)15-19-9-13-23(14-10-19)28-17-20-5-3-2-4-6-20/h2-15H,17H2,1H3,(H,26,27)/b21-15+. The van der Waals surface area contributed by atoms with Crippen molar-refractivity contribution in [2.45, 2.75) is 13.5 Å². The van der Waals surface area contributed by atoms with Crippen LogP contribution in [-0.4, -0.2) is 5.91 Å². The van der Waals surface area contributed by atoms with E-state index in [1.54, 1.807) is 18.2 Å². The fourth-order valence-electron chi connectivity index (χ4n) is 2.55. The minimum atomic E-state index is -0.434. The number of nitrogens with zero attached hydrogens (tertiary/aromatic N) is 1. The number of hydrogen-bond donors (Lipinski definition) is 1. The maximum absolute atomic E-state index is 12.3. The van der Waals surface area contributed by atoms with E-state index in [4.69, 9.17) is 4.74 Å². The maximum atomic E-state index is 12.3. The zero-order valence-corrected chi connectivity index (χ0v) is 15.6. The number of carbonyl (C=O) groups is 1. The number of hydrogen-bond acceptors (Lipinski definition) is 3. The molecule has 0 bridgehead atoms. The molecule has 0 fully saturated rings. The molecular weight excluding hydrogens is 348 g/mol. The van der Waals surface area contributed by atoms with Crippen LogP contribution in [0.4, 0.5) is 5.69 Å². The van der Waals surface area contributed by atoms with Crippen LogP contribution < -0.4 is 10.1 Å². The summed E-state index contributed by atoms with van der Waals surface area (Å²) in [5.74, 6) is 0.291. The Labute approximate surface area is 164 Å². The molecule has 4 nitrogen and oxygen atoms in total. The van der Waals surface area contributed by atoms with Gasteiger partial charge in [-0.2, -0.15) is 5.26 Å². The van der Waals surface area contributed by atoms with Gasteiger partial charge in [-0.25, -0.2) is 0 Å². The van der Waals surface area contributed by atoms with Crippen LogP contribution in [-0.2, 0) is 11.4 Å². The average molecular weight is 368 g/mol. The molecule has 3 rings (SSSR count). The summed E-state index contributed by atoms with van der Waals surface area (Å²) in [4.78, 5) is 12.3. The summed E-state index contributed by atoms with van der Waals surface area (Å²) in [7, 11) is 0. The van der Waals surface area contributed by atoms with Gasteiger partial charge < -0.3 is 10.1 Å². The molecule has 28 heavy (non-hydrogen) atoms. The van der Waals surface area contributed by atoms with Gasteiger partial charge in [0.2, 0.25) is 0 Å². The molecule has 0 saturated carbocycles. The van der Waals surface area contributed by atoms with E-state index in [-0.39, 0.29) is 5.57 Å². The van der Waals surface area contributed by atoms with Crippen molar-refractivity contribution >= 4 is 17.7 Å². The first kappa shape index (κ1) is 18.9. The van der Waals surface area contributed by atoms with Crippen molar-refractivity contribution in [3.63, 3.8) is 0 Å². The number of nitriles is 1. The topological polar surface area (TPSA) is 62.1 Å². The lowest BCUT2D eigenvalue weighted by atomic mass is 10.1. The summed E-state index contributed by atoms with van der Waals surface area (Å²) >= 11 is 0. The van der Waals surface area contributed by atoms with Crippen molar-refractivity contribution < 1.29 is 9.53 Å². The molecule has 0 radical (unpaired) electrons. The Hall–Kier alpha value is -3.84. The second kappa shape index (κ2) is 9.20. The van der Waals surface area contributed by atoms with Crippen LogP contribution in [0.25, 0.3) is 6.08 Å². The lowest BCUT2D eigenvalue weighted by Gasteiger charge is -2.07. The second-order valence-corrected chi connectivity index (χ2v) is 6.33. The van der Waals surface area contributed by atoms with Crippen molar-refractivity contribution in [1.29, 1.82) is 5.26 Å². The monoisotopic (exact) mass is 368 g/mol. The van der Waals surface area contributed by atoms with E-state index in [0.29, 0.717) is 12.3 Å². The summed E-state index contributed by atoms with van der Waals surface area (Å²) in [6.45, 7) is 2.46. The molecule has 0 saturated heterocycles. The smallest absolute Gasteiger partial charge is 0.266 e. The van der Waals surface area contributed by atoms with Gasteiger partial charge in [0, 0.05) is 5.69 Å². The molecule has 4 heteroatoms. The number of carbonyl (C=O) groups excluding carboxylic acids is 1. The number of anilines is 1. The molecule has 0 heterocycles.